The van der Waals surface area contributed by atoms with Crippen molar-refractivity contribution in [2.24, 2.45) is 11.8 Å². The van der Waals surface area contributed by atoms with Crippen LogP contribution in [0, 0.1) is 11.8 Å². The first-order chi connectivity index (χ1) is 8.63. The third kappa shape index (κ3) is 2.49. The van der Waals surface area contributed by atoms with Gasteiger partial charge in [-0.3, -0.25) is 0 Å². The third-order valence-corrected chi connectivity index (χ3v) is 3.80. The molecule has 1 aliphatic heterocycles. The summed E-state index contributed by atoms with van der Waals surface area (Å²) in [4.78, 5) is 10.5. The van der Waals surface area contributed by atoms with Crippen molar-refractivity contribution in [2.75, 3.05) is 30.8 Å². The smallest absolute Gasteiger partial charge is 0.242 e. The van der Waals surface area contributed by atoms with Gasteiger partial charge in [-0.25, -0.2) is 4.98 Å². The number of hydrogen-bond acceptors (Lipinski definition) is 5. The topological polar surface area (TPSA) is 64.3 Å². The largest absolute Gasteiger partial charge is 0.479 e. The van der Waals surface area contributed by atoms with E-state index in [0.717, 1.165) is 30.7 Å². The van der Waals surface area contributed by atoms with Crippen LogP contribution in [0.15, 0.2) is 6.33 Å². The molecule has 0 saturated carbocycles. The summed E-state index contributed by atoms with van der Waals surface area (Å²) in [5, 5.41) is 0. The molecule has 2 N–H and O–H groups in total. The minimum absolute atomic E-state index is 0.464. The molecule has 2 rings (SSSR count). The second kappa shape index (κ2) is 5.42. The van der Waals surface area contributed by atoms with Gasteiger partial charge in [-0.1, -0.05) is 13.8 Å². The molecule has 1 aromatic rings. The molecule has 0 unspecified atom stereocenters. The molecule has 1 saturated heterocycles. The number of nitrogen functional groups attached to an aromatic ring is 1. The Hall–Kier alpha value is -1.52. The summed E-state index contributed by atoms with van der Waals surface area (Å²) in [6.07, 6.45) is 3.91. The van der Waals surface area contributed by atoms with Crippen molar-refractivity contribution in [1.29, 1.82) is 0 Å². The lowest BCUT2D eigenvalue weighted by Crippen LogP contribution is -2.36. The number of anilines is 2. The van der Waals surface area contributed by atoms with Gasteiger partial charge < -0.3 is 15.4 Å². The summed E-state index contributed by atoms with van der Waals surface area (Å²) in [7, 11) is 1.58. The van der Waals surface area contributed by atoms with E-state index in [1.165, 1.54) is 19.2 Å². The van der Waals surface area contributed by atoms with Crippen molar-refractivity contribution in [3.63, 3.8) is 0 Å². The lowest BCUT2D eigenvalue weighted by Gasteiger charge is -2.35. The molecule has 1 fully saturated rings. The molecule has 5 heteroatoms. The van der Waals surface area contributed by atoms with Crippen LogP contribution in [-0.2, 0) is 0 Å². The predicted molar refractivity (Wildman–Crippen MR) is 72.8 cm³/mol. The molecule has 0 amide bonds. The second-order valence-corrected chi connectivity index (χ2v) is 5.19. The van der Waals surface area contributed by atoms with E-state index in [9.17, 15) is 0 Å². The Balaban J connectivity index is 2.10. The fourth-order valence-corrected chi connectivity index (χ4v) is 2.56. The maximum atomic E-state index is 6.03. The van der Waals surface area contributed by atoms with E-state index in [1.54, 1.807) is 7.11 Å². The fourth-order valence-electron chi connectivity index (χ4n) is 2.56. The maximum absolute atomic E-state index is 6.03. The second-order valence-electron chi connectivity index (χ2n) is 5.19. The van der Waals surface area contributed by atoms with Gasteiger partial charge in [-0.2, -0.15) is 4.98 Å². The normalized spacial score (nSPS) is 17.2. The molecular weight excluding hydrogens is 228 g/mol. The van der Waals surface area contributed by atoms with Crippen molar-refractivity contribution in [3.05, 3.63) is 6.33 Å². The summed E-state index contributed by atoms with van der Waals surface area (Å²) in [5.74, 6) is 2.84. The zero-order valence-corrected chi connectivity index (χ0v) is 11.4. The average molecular weight is 250 g/mol. The Labute approximate surface area is 108 Å². The first-order valence-corrected chi connectivity index (χ1v) is 6.53. The van der Waals surface area contributed by atoms with Crippen LogP contribution in [0.4, 0.5) is 11.5 Å². The van der Waals surface area contributed by atoms with Gasteiger partial charge in [0.1, 0.15) is 12.0 Å². The number of methoxy groups -OCH3 is 1. The highest BCUT2D eigenvalue weighted by molar-refractivity contribution is 5.67. The van der Waals surface area contributed by atoms with Crippen molar-refractivity contribution >= 4 is 11.5 Å². The van der Waals surface area contributed by atoms with Gasteiger partial charge in [0.05, 0.1) is 7.11 Å². The van der Waals surface area contributed by atoms with Gasteiger partial charge in [0.15, 0.2) is 5.82 Å². The quantitative estimate of drug-likeness (QED) is 0.888. The first-order valence-electron chi connectivity index (χ1n) is 6.53. The fraction of sp³-hybridized carbons (Fsp3) is 0.692. The average Bonchev–Trinajstić information content (AvgIpc) is 2.39. The Morgan fingerprint density at radius 2 is 2.00 bits per heavy atom. The van der Waals surface area contributed by atoms with Crippen molar-refractivity contribution in [2.45, 2.75) is 26.7 Å². The van der Waals surface area contributed by atoms with Crippen LogP contribution in [0.5, 0.6) is 5.88 Å². The number of hydrogen-bond donors (Lipinski definition) is 1. The molecule has 0 aliphatic carbocycles. The van der Waals surface area contributed by atoms with E-state index >= 15 is 0 Å². The highest BCUT2D eigenvalue weighted by Gasteiger charge is 2.24. The first kappa shape index (κ1) is 12.9. The number of piperidine rings is 1. The van der Waals surface area contributed by atoms with E-state index in [-0.39, 0.29) is 0 Å². The molecule has 0 spiro atoms. The summed E-state index contributed by atoms with van der Waals surface area (Å²) in [5.41, 5.74) is 6.57. The van der Waals surface area contributed by atoms with E-state index in [0.29, 0.717) is 11.6 Å². The van der Waals surface area contributed by atoms with Crippen LogP contribution in [0.1, 0.15) is 26.7 Å². The number of nitrogens with zero attached hydrogens (tertiary/aromatic N) is 3. The van der Waals surface area contributed by atoms with Crippen LogP contribution >= 0.6 is 0 Å². The van der Waals surface area contributed by atoms with Gasteiger partial charge in [-0.15, -0.1) is 0 Å². The number of ether oxygens (including phenoxy) is 1. The lowest BCUT2D eigenvalue weighted by molar-refractivity contribution is 0.310. The molecule has 1 aromatic heterocycles. The number of nitrogens with two attached hydrogens (primary N) is 1. The molecule has 0 aromatic carbocycles. The lowest BCUT2D eigenvalue weighted by atomic mass is 9.87. The van der Waals surface area contributed by atoms with E-state index < -0.39 is 0 Å². The molecule has 5 nitrogen and oxygen atoms in total. The van der Waals surface area contributed by atoms with Crippen molar-refractivity contribution in [1.82, 2.24) is 9.97 Å². The highest BCUT2D eigenvalue weighted by atomic mass is 16.5. The standard InChI is InChI=1S/C13H22N4O/c1-9(2)10-4-6-17(7-5-10)12-11(14)13(18-3)16-8-15-12/h8-10H,4-7,14H2,1-3H3. The molecule has 0 bridgehead atoms. The number of aromatic nitrogens is 2. The summed E-state index contributed by atoms with van der Waals surface area (Å²) >= 11 is 0. The Bertz CT molecular complexity index is 400. The number of rotatable bonds is 3. The Morgan fingerprint density at radius 1 is 1.33 bits per heavy atom. The minimum Gasteiger partial charge on any atom is -0.479 e. The molecule has 0 atom stereocenters. The molecule has 18 heavy (non-hydrogen) atoms. The van der Waals surface area contributed by atoms with E-state index in [2.05, 4.69) is 28.7 Å². The zero-order chi connectivity index (χ0) is 13.1. The summed E-state index contributed by atoms with van der Waals surface area (Å²) < 4.78 is 5.13. The minimum atomic E-state index is 0.464. The molecule has 100 valence electrons. The zero-order valence-electron chi connectivity index (χ0n) is 11.4. The summed E-state index contributed by atoms with van der Waals surface area (Å²) in [6, 6.07) is 0. The Kier molecular flexibility index (Phi) is 3.89. The van der Waals surface area contributed by atoms with E-state index in [1.807, 2.05) is 0 Å². The Morgan fingerprint density at radius 3 is 2.56 bits per heavy atom. The monoisotopic (exact) mass is 250 g/mol. The predicted octanol–water partition coefficient (Wildman–Crippen LogP) is 1.94. The van der Waals surface area contributed by atoms with Gasteiger partial charge in [0, 0.05) is 13.1 Å². The van der Waals surface area contributed by atoms with E-state index in [4.69, 9.17) is 10.5 Å². The van der Waals surface area contributed by atoms with Crippen LogP contribution in [0.2, 0.25) is 0 Å². The van der Waals surface area contributed by atoms with Crippen LogP contribution in [0.3, 0.4) is 0 Å². The van der Waals surface area contributed by atoms with Gasteiger partial charge >= 0.3 is 0 Å². The van der Waals surface area contributed by atoms with Gasteiger partial charge in [0.25, 0.3) is 0 Å². The van der Waals surface area contributed by atoms with Crippen molar-refractivity contribution in [3.8, 4) is 5.88 Å². The van der Waals surface area contributed by atoms with Gasteiger partial charge in [0.2, 0.25) is 5.88 Å². The maximum Gasteiger partial charge on any atom is 0.242 e. The SMILES string of the molecule is COc1ncnc(N2CCC(C(C)C)CC2)c1N. The van der Waals surface area contributed by atoms with Crippen molar-refractivity contribution < 1.29 is 4.74 Å². The summed E-state index contributed by atoms with van der Waals surface area (Å²) in [6.45, 7) is 6.60. The van der Waals surface area contributed by atoms with Crippen LogP contribution in [0.25, 0.3) is 0 Å². The van der Waals surface area contributed by atoms with Gasteiger partial charge in [-0.05, 0) is 24.7 Å². The highest BCUT2D eigenvalue weighted by Crippen LogP contribution is 2.32. The molecule has 1 aliphatic rings. The molecule has 0 radical (unpaired) electrons. The molecular formula is C13H22N4O. The third-order valence-electron chi connectivity index (χ3n) is 3.80. The molecule has 2 heterocycles. The van der Waals surface area contributed by atoms with Crippen LogP contribution in [-0.4, -0.2) is 30.2 Å². The van der Waals surface area contributed by atoms with Crippen LogP contribution < -0.4 is 15.4 Å².